The molecular weight excluding hydrogens is 282 g/mol. The second kappa shape index (κ2) is 6.21. The third-order valence-corrected chi connectivity index (χ3v) is 3.44. The predicted molar refractivity (Wildman–Crippen MR) is 83.8 cm³/mol. The summed E-state index contributed by atoms with van der Waals surface area (Å²) in [6.45, 7) is 0.644. The van der Waals surface area contributed by atoms with Crippen LogP contribution in [0.3, 0.4) is 0 Å². The minimum absolute atomic E-state index is 0.0761. The van der Waals surface area contributed by atoms with Crippen molar-refractivity contribution in [1.82, 2.24) is 15.2 Å². The van der Waals surface area contributed by atoms with Crippen molar-refractivity contribution in [2.45, 2.75) is 12.8 Å². The lowest BCUT2D eigenvalue weighted by molar-refractivity contribution is -0.382. The lowest BCUT2D eigenvalue weighted by Crippen LogP contribution is -2.06. The first-order valence-corrected chi connectivity index (χ1v) is 7.00. The van der Waals surface area contributed by atoms with Crippen LogP contribution in [0.2, 0.25) is 0 Å². The Balaban J connectivity index is 1.75. The van der Waals surface area contributed by atoms with E-state index >= 15 is 0 Å². The first-order valence-electron chi connectivity index (χ1n) is 7.00. The molecule has 0 unspecified atom stereocenters. The number of aromatic nitrogens is 3. The summed E-state index contributed by atoms with van der Waals surface area (Å²) in [6.07, 6.45) is 5.04. The third-order valence-electron chi connectivity index (χ3n) is 3.44. The zero-order valence-electron chi connectivity index (χ0n) is 11.8. The average molecular weight is 297 g/mol. The Kier molecular flexibility index (Phi) is 3.95. The molecule has 0 spiro atoms. The highest BCUT2D eigenvalue weighted by Crippen LogP contribution is 2.32. The minimum Gasteiger partial charge on any atom is -0.379 e. The maximum atomic E-state index is 11.4. The van der Waals surface area contributed by atoms with Gasteiger partial charge in [-0.1, -0.05) is 0 Å². The lowest BCUT2D eigenvalue weighted by Gasteiger charge is -2.08. The van der Waals surface area contributed by atoms with E-state index < -0.39 is 0 Å². The van der Waals surface area contributed by atoms with E-state index in [1.54, 1.807) is 36.7 Å². The number of aromatic amines is 1. The van der Waals surface area contributed by atoms with E-state index in [0.29, 0.717) is 23.1 Å². The summed E-state index contributed by atoms with van der Waals surface area (Å²) >= 11 is 0. The van der Waals surface area contributed by atoms with E-state index in [9.17, 15) is 10.1 Å². The molecule has 2 heterocycles. The maximum Gasteiger partial charge on any atom is 0.301 e. The molecule has 0 saturated heterocycles. The number of H-pyrrole nitrogens is 1. The number of nitrogens with zero attached hydrogens (tertiary/aromatic N) is 3. The smallest absolute Gasteiger partial charge is 0.301 e. The van der Waals surface area contributed by atoms with Crippen molar-refractivity contribution in [3.63, 3.8) is 0 Å². The minimum atomic E-state index is -0.360. The topological polar surface area (TPSA) is 96.7 Å². The van der Waals surface area contributed by atoms with Crippen LogP contribution in [0.15, 0.2) is 42.7 Å². The van der Waals surface area contributed by atoms with Crippen molar-refractivity contribution in [1.29, 1.82) is 0 Å². The van der Waals surface area contributed by atoms with Crippen LogP contribution in [0.25, 0.3) is 10.9 Å². The molecule has 2 aromatic heterocycles. The molecule has 112 valence electrons. The van der Waals surface area contributed by atoms with Gasteiger partial charge < -0.3 is 5.32 Å². The summed E-state index contributed by atoms with van der Waals surface area (Å²) < 4.78 is 0. The molecule has 3 aromatic rings. The summed E-state index contributed by atoms with van der Waals surface area (Å²) in [7, 11) is 0. The Hall–Kier alpha value is -2.96. The molecule has 0 amide bonds. The van der Waals surface area contributed by atoms with Crippen LogP contribution in [0.4, 0.5) is 11.4 Å². The lowest BCUT2D eigenvalue weighted by atomic mass is 10.1. The van der Waals surface area contributed by atoms with Crippen molar-refractivity contribution in [2.75, 3.05) is 11.9 Å². The number of rotatable bonds is 6. The quantitative estimate of drug-likeness (QED) is 0.414. The van der Waals surface area contributed by atoms with Gasteiger partial charge in [-0.2, -0.15) is 5.10 Å². The Morgan fingerprint density at radius 3 is 2.91 bits per heavy atom. The highest BCUT2D eigenvalue weighted by Gasteiger charge is 2.18. The Morgan fingerprint density at radius 1 is 1.23 bits per heavy atom. The molecule has 0 saturated carbocycles. The molecule has 0 aliphatic rings. The molecule has 7 heteroatoms. The van der Waals surface area contributed by atoms with Crippen LogP contribution in [0.1, 0.15) is 12.1 Å². The van der Waals surface area contributed by atoms with Gasteiger partial charge in [0.1, 0.15) is 5.69 Å². The molecular formula is C15H15N5O2. The van der Waals surface area contributed by atoms with Gasteiger partial charge in [0.15, 0.2) is 0 Å². The molecule has 0 atom stereocenters. The first kappa shape index (κ1) is 14.0. The maximum absolute atomic E-state index is 11.4. The van der Waals surface area contributed by atoms with Gasteiger partial charge >= 0.3 is 5.69 Å². The van der Waals surface area contributed by atoms with Gasteiger partial charge in [0, 0.05) is 24.6 Å². The van der Waals surface area contributed by atoms with E-state index in [1.807, 2.05) is 6.07 Å². The zero-order chi connectivity index (χ0) is 15.4. The summed E-state index contributed by atoms with van der Waals surface area (Å²) in [5, 5.41) is 21.9. The molecule has 0 aliphatic carbocycles. The standard InChI is InChI=1S/C15H15N5O2/c21-20(22)15-12-4-2-9-16-13(12)5-6-14(15)17-8-1-3-11-7-10-18-19-11/h2,4-7,9-10,17H,1,3,8H2,(H,18,19). The second-order valence-corrected chi connectivity index (χ2v) is 4.90. The molecule has 7 nitrogen and oxygen atoms in total. The van der Waals surface area contributed by atoms with Crippen molar-refractivity contribution in [3.8, 4) is 0 Å². The molecule has 22 heavy (non-hydrogen) atoms. The molecule has 3 rings (SSSR count). The van der Waals surface area contributed by atoms with Gasteiger partial charge in [0.25, 0.3) is 0 Å². The predicted octanol–water partition coefficient (Wildman–Crippen LogP) is 2.91. The third kappa shape index (κ3) is 2.88. The first-order chi connectivity index (χ1) is 10.8. The van der Waals surface area contributed by atoms with E-state index in [2.05, 4.69) is 20.5 Å². The number of hydrogen-bond acceptors (Lipinski definition) is 5. The number of nitro benzene ring substituents is 1. The van der Waals surface area contributed by atoms with Gasteiger partial charge in [-0.05, 0) is 43.2 Å². The van der Waals surface area contributed by atoms with Gasteiger partial charge in [0.2, 0.25) is 0 Å². The monoisotopic (exact) mass is 297 g/mol. The number of pyridine rings is 1. The Morgan fingerprint density at radius 2 is 2.14 bits per heavy atom. The molecule has 0 bridgehead atoms. The van der Waals surface area contributed by atoms with E-state index in [0.717, 1.165) is 18.5 Å². The fraction of sp³-hybridized carbons (Fsp3) is 0.200. The van der Waals surface area contributed by atoms with Crippen LogP contribution in [-0.2, 0) is 6.42 Å². The van der Waals surface area contributed by atoms with Gasteiger partial charge in [-0.3, -0.25) is 20.2 Å². The van der Waals surface area contributed by atoms with E-state index in [1.165, 1.54) is 0 Å². The number of hydrogen-bond donors (Lipinski definition) is 2. The van der Waals surface area contributed by atoms with Gasteiger partial charge in [-0.15, -0.1) is 0 Å². The largest absolute Gasteiger partial charge is 0.379 e. The SMILES string of the molecule is O=[N+]([O-])c1c(NCCCc2ccn[nH]2)ccc2ncccc12. The summed E-state index contributed by atoms with van der Waals surface area (Å²) in [4.78, 5) is 15.2. The summed E-state index contributed by atoms with van der Waals surface area (Å²) in [5.74, 6) is 0. The number of anilines is 1. The van der Waals surface area contributed by atoms with Gasteiger partial charge in [0.05, 0.1) is 15.8 Å². The number of nitrogens with one attached hydrogen (secondary N) is 2. The van der Waals surface area contributed by atoms with Gasteiger partial charge in [-0.25, -0.2) is 0 Å². The zero-order valence-corrected chi connectivity index (χ0v) is 11.8. The summed E-state index contributed by atoms with van der Waals surface area (Å²) in [5.41, 5.74) is 2.28. The van der Waals surface area contributed by atoms with Crippen molar-refractivity contribution < 1.29 is 4.92 Å². The van der Waals surface area contributed by atoms with E-state index in [-0.39, 0.29) is 10.6 Å². The van der Waals surface area contributed by atoms with Crippen molar-refractivity contribution >= 4 is 22.3 Å². The highest BCUT2D eigenvalue weighted by molar-refractivity contribution is 5.94. The highest BCUT2D eigenvalue weighted by atomic mass is 16.6. The van der Waals surface area contributed by atoms with Crippen LogP contribution < -0.4 is 5.32 Å². The average Bonchev–Trinajstić information content (AvgIpc) is 3.04. The Bertz CT molecular complexity index is 786. The van der Waals surface area contributed by atoms with Crippen molar-refractivity contribution in [3.05, 3.63) is 58.5 Å². The molecule has 0 aliphatic heterocycles. The van der Waals surface area contributed by atoms with Crippen molar-refractivity contribution in [2.24, 2.45) is 0 Å². The van der Waals surface area contributed by atoms with Crippen LogP contribution in [0.5, 0.6) is 0 Å². The molecule has 0 radical (unpaired) electrons. The van der Waals surface area contributed by atoms with Crippen LogP contribution in [-0.4, -0.2) is 26.6 Å². The fourth-order valence-electron chi connectivity index (χ4n) is 2.40. The van der Waals surface area contributed by atoms with Crippen LogP contribution in [0, 0.1) is 10.1 Å². The molecule has 1 aromatic carbocycles. The number of benzene rings is 1. The number of aryl methyl sites for hydroxylation is 1. The van der Waals surface area contributed by atoms with E-state index in [4.69, 9.17) is 0 Å². The Labute approximate surface area is 126 Å². The molecule has 2 N–H and O–H groups in total. The second-order valence-electron chi connectivity index (χ2n) is 4.90. The fourth-order valence-corrected chi connectivity index (χ4v) is 2.40. The number of fused-ring (bicyclic) bond motifs is 1. The summed E-state index contributed by atoms with van der Waals surface area (Å²) in [6, 6.07) is 8.85. The molecule has 0 fully saturated rings. The normalized spacial score (nSPS) is 10.7. The van der Waals surface area contributed by atoms with Crippen LogP contribution >= 0.6 is 0 Å². The number of nitro groups is 1.